The Morgan fingerprint density at radius 2 is 2.00 bits per heavy atom. The summed E-state index contributed by atoms with van der Waals surface area (Å²) in [4.78, 5) is 8.63. The Morgan fingerprint density at radius 1 is 1.35 bits per heavy atom. The van der Waals surface area contributed by atoms with Gasteiger partial charge in [-0.15, -0.1) is 0 Å². The van der Waals surface area contributed by atoms with E-state index in [-0.39, 0.29) is 17.6 Å². The van der Waals surface area contributed by atoms with Gasteiger partial charge in [-0.3, -0.25) is 5.01 Å². The van der Waals surface area contributed by atoms with E-state index in [1.54, 1.807) is 6.92 Å². The van der Waals surface area contributed by atoms with Gasteiger partial charge in [0, 0.05) is 13.1 Å². The zero-order valence-corrected chi connectivity index (χ0v) is 12.8. The Hall–Kier alpha value is -1.85. The average Bonchev–Trinajstić information content (AvgIpc) is 2.47. The fourth-order valence-electron chi connectivity index (χ4n) is 2.27. The van der Waals surface area contributed by atoms with Crippen LogP contribution in [-0.4, -0.2) is 53.8 Å². The minimum absolute atomic E-state index is 0.198. The lowest BCUT2D eigenvalue weighted by Gasteiger charge is -2.37. The van der Waals surface area contributed by atoms with Gasteiger partial charge in [-0.25, -0.2) is 15.8 Å². The lowest BCUT2D eigenvalue weighted by molar-refractivity contribution is -0.144. The van der Waals surface area contributed by atoms with Gasteiger partial charge in [0.05, 0.1) is 18.8 Å². The molecule has 11 heteroatoms. The maximum atomic E-state index is 12.8. The Bertz CT molecular complexity index is 568. The van der Waals surface area contributed by atoms with E-state index in [9.17, 15) is 13.2 Å². The number of aromatic nitrogens is 2. The van der Waals surface area contributed by atoms with Crippen molar-refractivity contribution in [1.29, 1.82) is 0 Å². The van der Waals surface area contributed by atoms with Crippen LogP contribution < -0.4 is 22.3 Å². The van der Waals surface area contributed by atoms with Crippen LogP contribution in [-0.2, 0) is 10.9 Å². The highest BCUT2D eigenvalue weighted by atomic mass is 19.4. The van der Waals surface area contributed by atoms with Crippen LogP contribution in [0.3, 0.4) is 0 Å². The smallest absolute Gasteiger partial charge is 0.393 e. The van der Waals surface area contributed by atoms with Crippen LogP contribution in [0.1, 0.15) is 12.7 Å². The normalized spacial score (nSPS) is 21.2. The standard InChI is InChI=1S/C12H20F3N7O/c1-6(7-5-21(2)3-4-23-7)22(18)10-8(16)9(17)19-11(20-10)12(13,14)15/h6-7H,3-5,16,18H2,1-2H3,(H2,17,19,20). The molecule has 1 saturated heterocycles. The third kappa shape index (κ3) is 3.74. The molecule has 1 aliphatic rings. The van der Waals surface area contributed by atoms with Gasteiger partial charge >= 0.3 is 6.18 Å². The number of anilines is 3. The number of rotatable bonds is 3. The van der Waals surface area contributed by atoms with Gasteiger partial charge in [0.25, 0.3) is 0 Å². The number of hydrazine groups is 1. The number of morpholine rings is 1. The molecule has 23 heavy (non-hydrogen) atoms. The molecule has 2 atom stereocenters. The summed E-state index contributed by atoms with van der Waals surface area (Å²) in [6.45, 7) is 3.58. The summed E-state index contributed by atoms with van der Waals surface area (Å²) in [5.74, 6) is 3.82. The van der Waals surface area contributed by atoms with E-state index < -0.39 is 23.9 Å². The monoisotopic (exact) mass is 335 g/mol. The first-order chi connectivity index (χ1) is 10.6. The summed E-state index contributed by atoms with van der Waals surface area (Å²) in [7, 11) is 1.92. The Morgan fingerprint density at radius 3 is 2.57 bits per heavy atom. The molecule has 1 aromatic heterocycles. The van der Waals surface area contributed by atoms with Crippen LogP contribution in [0.5, 0.6) is 0 Å². The van der Waals surface area contributed by atoms with Crippen molar-refractivity contribution in [2.75, 3.05) is 43.2 Å². The van der Waals surface area contributed by atoms with Crippen LogP contribution >= 0.6 is 0 Å². The lowest BCUT2D eigenvalue weighted by atomic mass is 10.1. The molecule has 0 saturated carbocycles. The van der Waals surface area contributed by atoms with Crippen LogP contribution in [0.2, 0.25) is 0 Å². The van der Waals surface area contributed by atoms with Crippen LogP contribution in [0, 0.1) is 0 Å². The van der Waals surface area contributed by atoms with Crippen molar-refractivity contribution in [3.8, 4) is 0 Å². The van der Waals surface area contributed by atoms with Gasteiger partial charge in [-0.05, 0) is 14.0 Å². The molecule has 2 heterocycles. The molecular formula is C12H20F3N7O. The third-order valence-corrected chi connectivity index (χ3v) is 3.73. The number of hydrogen-bond donors (Lipinski definition) is 3. The first-order valence-electron chi connectivity index (χ1n) is 6.95. The average molecular weight is 335 g/mol. The number of nitrogen functional groups attached to an aromatic ring is 2. The summed E-state index contributed by atoms with van der Waals surface area (Å²) < 4.78 is 44.1. The number of nitrogens with zero attached hydrogens (tertiary/aromatic N) is 4. The molecule has 0 amide bonds. The topological polar surface area (TPSA) is 120 Å². The molecule has 0 bridgehead atoms. The molecule has 1 aromatic rings. The molecule has 0 aliphatic carbocycles. The molecule has 6 N–H and O–H groups in total. The van der Waals surface area contributed by atoms with Gasteiger partial charge in [-0.2, -0.15) is 13.2 Å². The van der Waals surface area contributed by atoms with Crippen molar-refractivity contribution in [1.82, 2.24) is 14.9 Å². The van der Waals surface area contributed by atoms with Crippen molar-refractivity contribution >= 4 is 17.3 Å². The number of likely N-dealkylation sites (N-methyl/N-ethyl adjacent to an activating group) is 1. The van der Waals surface area contributed by atoms with Crippen molar-refractivity contribution in [3.63, 3.8) is 0 Å². The van der Waals surface area contributed by atoms with E-state index in [0.717, 1.165) is 11.6 Å². The summed E-state index contributed by atoms with van der Waals surface area (Å²) in [6.07, 6.45) is -5.05. The Balaban J connectivity index is 2.30. The van der Waals surface area contributed by atoms with Gasteiger partial charge in [-0.1, -0.05) is 0 Å². The molecule has 2 rings (SSSR count). The summed E-state index contributed by atoms with van der Waals surface area (Å²) >= 11 is 0. The van der Waals surface area contributed by atoms with Gasteiger partial charge in [0.2, 0.25) is 5.82 Å². The molecule has 2 unspecified atom stereocenters. The predicted molar refractivity (Wildman–Crippen MR) is 79.2 cm³/mol. The minimum Gasteiger partial charge on any atom is -0.393 e. The van der Waals surface area contributed by atoms with Crippen LogP contribution in [0.15, 0.2) is 0 Å². The number of ether oxygens (including phenoxy) is 1. The highest BCUT2D eigenvalue weighted by molar-refractivity contribution is 5.73. The van der Waals surface area contributed by atoms with Gasteiger partial charge < -0.3 is 21.1 Å². The van der Waals surface area contributed by atoms with Gasteiger partial charge in [0.1, 0.15) is 5.69 Å². The van der Waals surface area contributed by atoms with Crippen molar-refractivity contribution < 1.29 is 17.9 Å². The molecule has 130 valence electrons. The van der Waals surface area contributed by atoms with E-state index in [2.05, 4.69) is 9.97 Å². The SMILES string of the molecule is CC(C1CN(C)CCO1)N(N)c1nc(C(F)(F)F)nc(N)c1N. The second kappa shape index (κ2) is 6.34. The second-order valence-corrected chi connectivity index (χ2v) is 5.49. The highest BCUT2D eigenvalue weighted by Gasteiger charge is 2.37. The van der Waals surface area contributed by atoms with Crippen molar-refractivity contribution in [2.45, 2.75) is 25.2 Å². The maximum Gasteiger partial charge on any atom is 0.451 e. The molecule has 1 aliphatic heterocycles. The molecule has 0 aromatic carbocycles. The zero-order valence-electron chi connectivity index (χ0n) is 12.8. The van der Waals surface area contributed by atoms with Crippen LogP contribution in [0.4, 0.5) is 30.5 Å². The largest absolute Gasteiger partial charge is 0.451 e. The Kier molecular flexibility index (Phi) is 4.82. The molecule has 0 radical (unpaired) electrons. The van der Waals surface area contributed by atoms with E-state index in [1.165, 1.54) is 0 Å². The summed E-state index contributed by atoms with van der Waals surface area (Å²) in [5.41, 5.74) is 11.0. The number of hydrogen-bond acceptors (Lipinski definition) is 8. The number of halogens is 3. The highest BCUT2D eigenvalue weighted by Crippen LogP contribution is 2.32. The summed E-state index contributed by atoms with van der Waals surface area (Å²) in [5, 5.41) is 1.05. The first kappa shape index (κ1) is 17.5. The summed E-state index contributed by atoms with van der Waals surface area (Å²) in [6, 6.07) is -0.463. The van der Waals surface area contributed by atoms with E-state index in [4.69, 9.17) is 22.0 Å². The first-order valence-corrected chi connectivity index (χ1v) is 6.95. The molecular weight excluding hydrogens is 315 g/mol. The quantitative estimate of drug-likeness (QED) is 0.524. The van der Waals surface area contributed by atoms with E-state index in [1.807, 2.05) is 11.9 Å². The molecule has 1 fully saturated rings. The van der Waals surface area contributed by atoms with E-state index in [0.29, 0.717) is 13.2 Å². The third-order valence-electron chi connectivity index (χ3n) is 3.73. The molecule has 8 nitrogen and oxygen atoms in total. The Labute approximate surface area is 131 Å². The fourth-order valence-corrected chi connectivity index (χ4v) is 2.27. The van der Waals surface area contributed by atoms with Gasteiger partial charge in [0.15, 0.2) is 11.6 Å². The van der Waals surface area contributed by atoms with E-state index >= 15 is 0 Å². The predicted octanol–water partition coefficient (Wildman–Crippen LogP) is 0.0590. The number of nitrogens with two attached hydrogens (primary N) is 3. The lowest BCUT2D eigenvalue weighted by Crippen LogP contribution is -2.54. The van der Waals surface area contributed by atoms with Crippen LogP contribution in [0.25, 0.3) is 0 Å². The number of alkyl halides is 3. The molecule has 0 spiro atoms. The second-order valence-electron chi connectivity index (χ2n) is 5.49. The zero-order chi connectivity index (χ0) is 17.4. The fraction of sp³-hybridized carbons (Fsp3) is 0.667. The maximum absolute atomic E-state index is 12.8. The van der Waals surface area contributed by atoms with Crippen molar-refractivity contribution in [2.24, 2.45) is 5.84 Å². The minimum atomic E-state index is -4.75. The van der Waals surface area contributed by atoms with Crippen molar-refractivity contribution in [3.05, 3.63) is 5.82 Å².